The molecule has 5 aromatic rings. The Labute approximate surface area is 116 Å². The minimum absolute atomic E-state index is 1.32. The van der Waals surface area contributed by atoms with Crippen LogP contribution in [0.2, 0.25) is 0 Å². The Balaban J connectivity index is 2.23. The Kier molecular flexibility index (Phi) is 1.78. The van der Waals surface area contributed by atoms with Crippen molar-refractivity contribution in [3.05, 3.63) is 72.8 Å². The van der Waals surface area contributed by atoms with Crippen molar-refractivity contribution in [2.24, 2.45) is 0 Å². The highest BCUT2D eigenvalue weighted by Crippen LogP contribution is 2.38. The summed E-state index contributed by atoms with van der Waals surface area (Å²) in [6.07, 6.45) is 0. The van der Waals surface area contributed by atoms with Crippen LogP contribution in [0.15, 0.2) is 72.8 Å². The quantitative estimate of drug-likeness (QED) is 0.244. The van der Waals surface area contributed by atoms with Crippen molar-refractivity contribution in [1.29, 1.82) is 0 Å². The first kappa shape index (κ1) is 10.2. The predicted molar refractivity (Wildman–Crippen MR) is 87.7 cm³/mol. The van der Waals surface area contributed by atoms with Crippen LogP contribution in [0.4, 0.5) is 0 Å². The lowest BCUT2D eigenvalue weighted by atomic mass is 9.96. The molecule has 0 saturated heterocycles. The second-order valence-electron chi connectivity index (χ2n) is 5.45. The fourth-order valence-electron chi connectivity index (χ4n) is 3.49. The number of fused-ring (bicyclic) bond motifs is 2. The summed E-state index contributed by atoms with van der Waals surface area (Å²) in [7, 11) is 0. The van der Waals surface area contributed by atoms with Crippen LogP contribution in [-0.2, 0) is 0 Å². The molecule has 0 heteroatoms. The summed E-state index contributed by atoms with van der Waals surface area (Å²) in [4.78, 5) is 0. The third-order valence-electron chi connectivity index (χ3n) is 4.37. The second-order valence-corrected chi connectivity index (χ2v) is 5.45. The van der Waals surface area contributed by atoms with E-state index in [9.17, 15) is 0 Å². The number of benzene rings is 5. The normalized spacial score (nSPS) is 12.0. The van der Waals surface area contributed by atoms with Crippen LogP contribution >= 0.6 is 0 Å². The van der Waals surface area contributed by atoms with Gasteiger partial charge in [-0.2, -0.15) is 0 Å². The van der Waals surface area contributed by atoms with Gasteiger partial charge in [-0.15, -0.1) is 0 Å². The van der Waals surface area contributed by atoms with Crippen LogP contribution in [0, 0.1) is 0 Å². The van der Waals surface area contributed by atoms with Crippen molar-refractivity contribution in [1.82, 2.24) is 0 Å². The molecule has 92 valence electrons. The Morgan fingerprint density at radius 2 is 1.10 bits per heavy atom. The van der Waals surface area contributed by atoms with E-state index in [-0.39, 0.29) is 0 Å². The number of rotatable bonds is 0. The van der Waals surface area contributed by atoms with E-state index in [1.807, 2.05) is 0 Å². The van der Waals surface area contributed by atoms with E-state index >= 15 is 0 Å². The zero-order chi connectivity index (χ0) is 13.1. The second kappa shape index (κ2) is 3.49. The van der Waals surface area contributed by atoms with E-state index in [2.05, 4.69) is 72.8 Å². The monoisotopic (exact) mass is 254 g/mol. The molecule has 5 aromatic carbocycles. The lowest BCUT2D eigenvalue weighted by Crippen LogP contribution is -1.85. The summed E-state index contributed by atoms with van der Waals surface area (Å²) in [5, 5.41) is 10.8. The predicted octanol–water partition coefficient (Wildman–Crippen LogP) is 5.74. The molecule has 0 aliphatic carbocycles. The van der Waals surface area contributed by atoms with Crippen LogP contribution in [-0.4, -0.2) is 0 Å². The van der Waals surface area contributed by atoms with Gasteiger partial charge in [-0.3, -0.25) is 0 Å². The number of hydrogen-bond donors (Lipinski definition) is 0. The molecule has 0 aromatic heterocycles. The summed E-state index contributed by atoms with van der Waals surface area (Å²) in [5.74, 6) is 0. The molecule has 0 heterocycles. The van der Waals surface area contributed by atoms with Gasteiger partial charge in [0.15, 0.2) is 0 Å². The van der Waals surface area contributed by atoms with Gasteiger partial charge in [-0.1, -0.05) is 66.7 Å². The van der Waals surface area contributed by atoms with Crippen molar-refractivity contribution in [2.75, 3.05) is 0 Å². The Morgan fingerprint density at radius 1 is 0.400 bits per heavy atom. The van der Waals surface area contributed by atoms with Gasteiger partial charge in [0.05, 0.1) is 0 Å². The summed E-state index contributed by atoms with van der Waals surface area (Å²) >= 11 is 0. The topological polar surface area (TPSA) is 0 Å². The molecule has 0 aliphatic heterocycles. The van der Waals surface area contributed by atoms with E-state index in [1.165, 1.54) is 43.1 Å². The highest BCUT2D eigenvalue weighted by Gasteiger charge is 2.09. The summed E-state index contributed by atoms with van der Waals surface area (Å²) < 4.78 is 0. The smallest absolute Gasteiger partial charge is 0.00204 e. The molecule has 0 atom stereocenters. The molecule has 0 amide bonds. The SMILES string of the molecule is c1ccc2c(c1)cc1[13cH]cc3cccc4c[13cH]c2c1c34. The van der Waals surface area contributed by atoms with Crippen LogP contribution < -0.4 is 0 Å². The average molecular weight is 254 g/mol. The van der Waals surface area contributed by atoms with Crippen molar-refractivity contribution in [3.63, 3.8) is 0 Å². The van der Waals surface area contributed by atoms with Gasteiger partial charge in [-0.05, 0) is 49.2 Å². The van der Waals surface area contributed by atoms with E-state index in [1.54, 1.807) is 0 Å². The van der Waals surface area contributed by atoms with Crippen molar-refractivity contribution >= 4 is 43.1 Å². The Hall–Kier alpha value is -2.60. The highest BCUT2D eigenvalue weighted by atomic mass is 14.3. The lowest BCUT2D eigenvalue weighted by molar-refractivity contribution is 1.78. The first-order valence-electron chi connectivity index (χ1n) is 6.97. The van der Waals surface area contributed by atoms with Gasteiger partial charge in [0, 0.05) is 0 Å². The minimum atomic E-state index is 1.32. The molecule has 0 spiro atoms. The molecule has 0 saturated carbocycles. The van der Waals surface area contributed by atoms with Gasteiger partial charge in [0.2, 0.25) is 0 Å². The molecule has 20 heavy (non-hydrogen) atoms. The van der Waals surface area contributed by atoms with Crippen LogP contribution in [0.3, 0.4) is 0 Å². The van der Waals surface area contributed by atoms with Gasteiger partial charge < -0.3 is 0 Å². The third kappa shape index (κ3) is 1.16. The average Bonchev–Trinajstić information content (AvgIpc) is 2.52. The standard InChI is InChI=1S/C20H12/c1-2-7-17-15(4-1)12-16-9-8-13-5-3-6-14-10-11-18(17)20(16)19(13)14/h1-12H/i9+1,11+1. The van der Waals surface area contributed by atoms with Crippen molar-refractivity contribution in [2.45, 2.75) is 0 Å². The molecule has 0 fully saturated rings. The maximum absolute atomic E-state index is 2.31. The first-order chi connectivity index (χ1) is 9.92. The molecule has 0 N–H and O–H groups in total. The van der Waals surface area contributed by atoms with E-state index in [0.29, 0.717) is 0 Å². The van der Waals surface area contributed by atoms with Crippen molar-refractivity contribution in [3.8, 4) is 0 Å². The van der Waals surface area contributed by atoms with Gasteiger partial charge in [0.25, 0.3) is 0 Å². The molecule has 0 aliphatic rings. The largest absolute Gasteiger partial charge is 0.0616 e. The van der Waals surface area contributed by atoms with Gasteiger partial charge in [0.1, 0.15) is 0 Å². The molecule has 0 nitrogen and oxygen atoms in total. The summed E-state index contributed by atoms with van der Waals surface area (Å²) in [6.45, 7) is 0. The molecular formula is C20H12. The zero-order valence-corrected chi connectivity index (χ0v) is 10.9. The Bertz CT molecular complexity index is 1070. The third-order valence-corrected chi connectivity index (χ3v) is 4.37. The maximum atomic E-state index is 2.31. The van der Waals surface area contributed by atoms with Crippen LogP contribution in [0.5, 0.6) is 0 Å². The lowest BCUT2D eigenvalue weighted by Gasteiger charge is -2.12. The minimum Gasteiger partial charge on any atom is -0.0616 e. The van der Waals surface area contributed by atoms with E-state index in [0.717, 1.165) is 0 Å². The molecule has 0 radical (unpaired) electrons. The maximum Gasteiger partial charge on any atom is -0.00204 e. The van der Waals surface area contributed by atoms with Crippen LogP contribution in [0.25, 0.3) is 43.1 Å². The van der Waals surface area contributed by atoms with Crippen molar-refractivity contribution < 1.29 is 0 Å². The summed E-state index contributed by atoms with van der Waals surface area (Å²) in [5.41, 5.74) is 0. The molecular weight excluding hydrogens is 242 g/mol. The first-order valence-corrected chi connectivity index (χ1v) is 6.97. The molecule has 0 unspecified atom stereocenters. The van der Waals surface area contributed by atoms with E-state index in [4.69, 9.17) is 0 Å². The fourth-order valence-corrected chi connectivity index (χ4v) is 3.49. The van der Waals surface area contributed by atoms with E-state index < -0.39 is 0 Å². The summed E-state index contributed by atoms with van der Waals surface area (Å²) in [6, 6.07) is 26.5. The Morgan fingerprint density at radius 3 is 2.00 bits per heavy atom. The number of hydrogen-bond acceptors (Lipinski definition) is 0. The highest BCUT2D eigenvalue weighted by molar-refractivity contribution is 6.28. The zero-order valence-electron chi connectivity index (χ0n) is 10.9. The molecule has 5 rings (SSSR count). The molecule has 0 bridgehead atoms. The van der Waals surface area contributed by atoms with Crippen LogP contribution in [0.1, 0.15) is 0 Å². The van der Waals surface area contributed by atoms with Gasteiger partial charge >= 0.3 is 0 Å². The van der Waals surface area contributed by atoms with Gasteiger partial charge in [-0.25, -0.2) is 0 Å². The fraction of sp³-hybridized carbons (Fsp3) is 0.